The molecule has 8 heteroatoms. The number of ether oxygens (including phenoxy) is 1. The van der Waals surface area contributed by atoms with Crippen molar-refractivity contribution in [1.82, 2.24) is 10.6 Å². The summed E-state index contributed by atoms with van der Waals surface area (Å²) in [5, 5.41) is 14.3. The Morgan fingerprint density at radius 3 is 2.42 bits per heavy atom. The lowest BCUT2D eigenvalue weighted by atomic mass is 10.1. The van der Waals surface area contributed by atoms with Gasteiger partial charge in [-0.3, -0.25) is 4.79 Å². The zero-order valence-corrected chi connectivity index (χ0v) is 16.1. The molecular weight excluding hydrogens is 356 g/mol. The third-order valence-corrected chi connectivity index (χ3v) is 4.12. The molecule has 0 heterocycles. The van der Waals surface area contributed by atoms with Crippen molar-refractivity contribution in [2.24, 2.45) is 0 Å². The maximum Gasteiger partial charge on any atom is 0.408 e. The molecule has 0 aliphatic rings. The smallest absolute Gasteiger partial charge is 0.408 e. The fourth-order valence-electron chi connectivity index (χ4n) is 1.94. The minimum atomic E-state index is -1.17. The summed E-state index contributed by atoms with van der Waals surface area (Å²) in [7, 11) is 0. The standard InChI is InChI=1S/C18H26N2O5S/c1-18(2,3)25-17(24)20-14(16(22)23)11-26-12-15(21)19-10-9-13-7-5-4-6-8-13/h4-8,14H,9-12H2,1-3H3,(H,19,21)(H,20,24)(H,22,23). The number of nitrogens with one attached hydrogen (secondary N) is 2. The molecule has 1 unspecified atom stereocenters. The quantitative estimate of drug-likeness (QED) is 0.604. The number of thioether (sulfide) groups is 1. The maximum absolute atomic E-state index is 11.8. The third kappa shape index (κ3) is 9.93. The van der Waals surface area contributed by atoms with Crippen molar-refractivity contribution in [3.63, 3.8) is 0 Å². The molecule has 2 amide bonds. The summed E-state index contributed by atoms with van der Waals surface area (Å²) in [5.41, 5.74) is 0.423. The number of carbonyl (C=O) groups is 3. The van der Waals surface area contributed by atoms with Crippen molar-refractivity contribution < 1.29 is 24.2 Å². The van der Waals surface area contributed by atoms with Crippen LogP contribution >= 0.6 is 11.8 Å². The van der Waals surface area contributed by atoms with E-state index in [-0.39, 0.29) is 17.4 Å². The number of carboxylic acids is 1. The maximum atomic E-state index is 11.8. The second-order valence-corrected chi connectivity index (χ2v) is 7.67. The van der Waals surface area contributed by atoms with Gasteiger partial charge in [0.1, 0.15) is 11.6 Å². The lowest BCUT2D eigenvalue weighted by molar-refractivity contribution is -0.138. The second-order valence-electron chi connectivity index (χ2n) is 6.64. The van der Waals surface area contributed by atoms with Gasteiger partial charge >= 0.3 is 12.1 Å². The molecule has 0 fully saturated rings. The van der Waals surface area contributed by atoms with Crippen LogP contribution in [0.3, 0.4) is 0 Å². The number of aliphatic carboxylic acids is 1. The fraction of sp³-hybridized carbons (Fsp3) is 0.500. The highest BCUT2D eigenvalue weighted by Gasteiger charge is 2.24. The number of amides is 2. The summed E-state index contributed by atoms with van der Waals surface area (Å²) in [4.78, 5) is 34.7. The van der Waals surface area contributed by atoms with Crippen LogP contribution in [0.4, 0.5) is 4.79 Å². The molecule has 0 saturated heterocycles. The van der Waals surface area contributed by atoms with Crippen LogP contribution in [-0.2, 0) is 20.7 Å². The molecule has 144 valence electrons. The molecule has 0 aliphatic carbocycles. The monoisotopic (exact) mass is 382 g/mol. The molecule has 0 radical (unpaired) electrons. The van der Waals surface area contributed by atoms with E-state index in [4.69, 9.17) is 9.84 Å². The highest BCUT2D eigenvalue weighted by molar-refractivity contribution is 8.00. The van der Waals surface area contributed by atoms with Crippen LogP contribution in [0, 0.1) is 0 Å². The van der Waals surface area contributed by atoms with Gasteiger partial charge in [0.05, 0.1) is 5.75 Å². The molecule has 0 saturated carbocycles. The van der Waals surface area contributed by atoms with Crippen LogP contribution in [0.15, 0.2) is 30.3 Å². The first-order chi connectivity index (χ1) is 12.2. The third-order valence-electron chi connectivity index (χ3n) is 3.09. The minimum Gasteiger partial charge on any atom is -0.480 e. The Labute approximate surface area is 157 Å². The highest BCUT2D eigenvalue weighted by atomic mass is 32.2. The number of rotatable bonds is 9. The number of carbonyl (C=O) groups excluding carboxylic acids is 2. The Kier molecular flexibility index (Phi) is 8.98. The van der Waals surface area contributed by atoms with Crippen molar-refractivity contribution in [3.05, 3.63) is 35.9 Å². The zero-order valence-electron chi connectivity index (χ0n) is 15.3. The molecule has 1 aromatic rings. The van der Waals surface area contributed by atoms with E-state index in [0.717, 1.165) is 23.7 Å². The Bertz CT molecular complexity index is 601. The second kappa shape index (κ2) is 10.7. The van der Waals surface area contributed by atoms with E-state index < -0.39 is 23.7 Å². The molecule has 1 aromatic carbocycles. The summed E-state index contributed by atoms with van der Waals surface area (Å²) in [5.74, 6) is -1.16. The van der Waals surface area contributed by atoms with E-state index in [1.807, 2.05) is 30.3 Å². The summed E-state index contributed by atoms with van der Waals surface area (Å²) in [6.07, 6.45) is -0.0623. The fourth-order valence-corrected chi connectivity index (χ4v) is 2.80. The molecule has 7 nitrogen and oxygen atoms in total. The van der Waals surface area contributed by atoms with E-state index in [9.17, 15) is 14.4 Å². The molecule has 3 N–H and O–H groups in total. The van der Waals surface area contributed by atoms with Crippen molar-refractivity contribution in [1.29, 1.82) is 0 Å². The molecule has 1 rings (SSSR count). The van der Waals surface area contributed by atoms with Crippen LogP contribution in [0.2, 0.25) is 0 Å². The summed E-state index contributed by atoms with van der Waals surface area (Å²) in [6, 6.07) is 8.67. The van der Waals surface area contributed by atoms with Crippen molar-refractivity contribution in [3.8, 4) is 0 Å². The van der Waals surface area contributed by atoms with Crippen molar-refractivity contribution >= 4 is 29.7 Å². The van der Waals surface area contributed by atoms with Gasteiger partial charge in [-0.15, -0.1) is 11.8 Å². The summed E-state index contributed by atoms with van der Waals surface area (Å²) in [6.45, 7) is 5.59. The molecule has 0 aromatic heterocycles. The highest BCUT2D eigenvalue weighted by Crippen LogP contribution is 2.08. The lowest BCUT2D eigenvalue weighted by Gasteiger charge is -2.21. The average Bonchev–Trinajstić information content (AvgIpc) is 2.53. The molecule has 1 atom stereocenters. The summed E-state index contributed by atoms with van der Waals surface area (Å²) < 4.78 is 5.04. The number of carboxylic acid groups (broad SMARTS) is 1. The zero-order chi connectivity index (χ0) is 19.6. The van der Waals surface area contributed by atoms with Gasteiger partial charge in [-0.1, -0.05) is 30.3 Å². The molecular formula is C18H26N2O5S. The number of hydrogen-bond acceptors (Lipinski definition) is 5. The van der Waals surface area contributed by atoms with Gasteiger partial charge in [0.15, 0.2) is 0 Å². The Morgan fingerprint density at radius 2 is 1.85 bits per heavy atom. The van der Waals surface area contributed by atoms with Crippen LogP contribution in [-0.4, -0.2) is 52.8 Å². The van der Waals surface area contributed by atoms with Crippen molar-refractivity contribution in [2.75, 3.05) is 18.1 Å². The lowest BCUT2D eigenvalue weighted by Crippen LogP contribution is -2.45. The molecule has 0 bridgehead atoms. The van der Waals surface area contributed by atoms with E-state index in [2.05, 4.69) is 10.6 Å². The van der Waals surface area contributed by atoms with Crippen LogP contribution in [0.1, 0.15) is 26.3 Å². The largest absolute Gasteiger partial charge is 0.480 e. The topological polar surface area (TPSA) is 105 Å². The van der Waals surface area contributed by atoms with E-state index in [0.29, 0.717) is 6.54 Å². The first-order valence-electron chi connectivity index (χ1n) is 8.28. The van der Waals surface area contributed by atoms with Gasteiger partial charge in [-0.05, 0) is 32.8 Å². The van der Waals surface area contributed by atoms with Gasteiger partial charge < -0.3 is 20.5 Å². The minimum absolute atomic E-state index is 0.0701. The van der Waals surface area contributed by atoms with Crippen LogP contribution in [0.5, 0.6) is 0 Å². The van der Waals surface area contributed by atoms with Gasteiger partial charge in [0.2, 0.25) is 5.91 Å². The number of benzene rings is 1. The Morgan fingerprint density at radius 1 is 1.19 bits per heavy atom. The normalized spacial score (nSPS) is 12.1. The Balaban J connectivity index is 2.28. The van der Waals surface area contributed by atoms with Crippen molar-refractivity contribution in [2.45, 2.75) is 38.8 Å². The summed E-state index contributed by atoms with van der Waals surface area (Å²) >= 11 is 1.14. The Hall–Kier alpha value is -2.22. The van der Waals surface area contributed by atoms with E-state index in [1.54, 1.807) is 20.8 Å². The van der Waals surface area contributed by atoms with Gasteiger partial charge in [-0.25, -0.2) is 9.59 Å². The predicted molar refractivity (Wildman–Crippen MR) is 101 cm³/mol. The average molecular weight is 382 g/mol. The van der Waals surface area contributed by atoms with E-state index >= 15 is 0 Å². The predicted octanol–water partition coefficient (Wildman–Crippen LogP) is 2.06. The van der Waals surface area contributed by atoms with Gasteiger partial charge in [-0.2, -0.15) is 0 Å². The van der Waals surface area contributed by atoms with Crippen LogP contribution < -0.4 is 10.6 Å². The molecule has 0 aliphatic heterocycles. The number of alkyl carbamates (subject to hydrolysis) is 1. The van der Waals surface area contributed by atoms with Gasteiger partial charge in [0, 0.05) is 12.3 Å². The van der Waals surface area contributed by atoms with E-state index in [1.165, 1.54) is 0 Å². The number of hydrogen-bond donors (Lipinski definition) is 3. The van der Waals surface area contributed by atoms with Crippen LogP contribution in [0.25, 0.3) is 0 Å². The first kappa shape index (κ1) is 21.8. The molecule has 0 spiro atoms. The molecule has 26 heavy (non-hydrogen) atoms. The van der Waals surface area contributed by atoms with Gasteiger partial charge in [0.25, 0.3) is 0 Å². The first-order valence-corrected chi connectivity index (χ1v) is 9.43. The SMILES string of the molecule is CC(C)(C)OC(=O)NC(CSCC(=O)NCCc1ccccc1)C(=O)O.